The second kappa shape index (κ2) is 15.3. The van der Waals surface area contributed by atoms with Crippen molar-refractivity contribution in [1.29, 1.82) is 0 Å². The van der Waals surface area contributed by atoms with Crippen LogP contribution in [-0.2, 0) is 20.9 Å². The molecule has 0 saturated heterocycles. The van der Waals surface area contributed by atoms with Gasteiger partial charge in [0.1, 0.15) is 6.61 Å². The number of rotatable bonds is 15. The highest BCUT2D eigenvalue weighted by atomic mass is 16.5. The molecule has 0 saturated carbocycles. The number of carbonyl (C=O) groups excluding carboxylic acids is 3. The molecule has 0 spiro atoms. The van der Waals surface area contributed by atoms with Crippen LogP contribution in [0.4, 0.5) is 4.79 Å². The maximum Gasteiger partial charge on any atom is 0.408 e. The highest BCUT2D eigenvalue weighted by molar-refractivity contribution is 5.91. The second-order valence-corrected chi connectivity index (χ2v) is 10.4. The molecule has 0 unspecified atom stereocenters. The molecule has 3 atom stereocenters. The lowest BCUT2D eigenvalue weighted by Crippen LogP contribution is -2.45. The van der Waals surface area contributed by atoms with Gasteiger partial charge in [0, 0.05) is 18.4 Å². The standard InChI is InChI=1S/C28H44N2O4/c1-8-24(15-20(4)5)29-27(32)23(14-19(2)3)17-26(31)25(16-21(6)7)30-28(33)34-18-22-12-10-9-11-13-22/h8-13,19-21,23-25H,1,14-18H2,2-7H3,(H,29,32)(H,30,33)/t23-,24-,25+/m1/s1. The average Bonchev–Trinajstić information content (AvgIpc) is 2.76. The summed E-state index contributed by atoms with van der Waals surface area (Å²) in [5.74, 6) is 0.113. The van der Waals surface area contributed by atoms with E-state index in [0.29, 0.717) is 18.8 Å². The van der Waals surface area contributed by atoms with Crippen molar-refractivity contribution in [2.45, 2.75) is 85.9 Å². The molecule has 0 aliphatic carbocycles. The van der Waals surface area contributed by atoms with E-state index in [1.54, 1.807) is 6.08 Å². The summed E-state index contributed by atoms with van der Waals surface area (Å²) in [4.78, 5) is 38.7. The Balaban J connectivity index is 2.84. The predicted molar refractivity (Wildman–Crippen MR) is 137 cm³/mol. The van der Waals surface area contributed by atoms with E-state index in [2.05, 4.69) is 31.1 Å². The van der Waals surface area contributed by atoms with Crippen molar-refractivity contribution in [2.24, 2.45) is 23.7 Å². The summed E-state index contributed by atoms with van der Waals surface area (Å²) >= 11 is 0. The summed E-state index contributed by atoms with van der Waals surface area (Å²) in [5, 5.41) is 5.78. The zero-order chi connectivity index (χ0) is 25.7. The van der Waals surface area contributed by atoms with Crippen molar-refractivity contribution in [3.05, 3.63) is 48.6 Å². The molecule has 0 fully saturated rings. The van der Waals surface area contributed by atoms with Crippen LogP contribution in [0.2, 0.25) is 0 Å². The molecule has 6 heteroatoms. The molecule has 0 aromatic heterocycles. The van der Waals surface area contributed by atoms with Gasteiger partial charge >= 0.3 is 6.09 Å². The average molecular weight is 473 g/mol. The largest absolute Gasteiger partial charge is 0.445 e. The Morgan fingerprint density at radius 2 is 1.47 bits per heavy atom. The highest BCUT2D eigenvalue weighted by Crippen LogP contribution is 2.20. The molecule has 0 aliphatic heterocycles. The van der Waals surface area contributed by atoms with E-state index >= 15 is 0 Å². The quantitative estimate of drug-likeness (QED) is 0.322. The molecule has 1 aromatic rings. The second-order valence-electron chi connectivity index (χ2n) is 10.4. The van der Waals surface area contributed by atoms with Crippen LogP contribution in [0, 0.1) is 23.7 Å². The number of benzene rings is 1. The van der Waals surface area contributed by atoms with Gasteiger partial charge in [-0.15, -0.1) is 6.58 Å². The molecule has 0 aliphatic rings. The summed E-state index contributed by atoms with van der Waals surface area (Å²) in [6.07, 6.45) is 3.07. The van der Waals surface area contributed by atoms with Gasteiger partial charge in [-0.05, 0) is 42.6 Å². The molecule has 6 nitrogen and oxygen atoms in total. The van der Waals surface area contributed by atoms with Crippen LogP contribution in [0.3, 0.4) is 0 Å². The number of ketones is 1. The number of Topliss-reactive ketones (excluding diaryl/α,β-unsaturated/α-hetero) is 1. The number of nitrogens with one attached hydrogen (secondary N) is 2. The lowest BCUT2D eigenvalue weighted by atomic mass is 9.87. The molecular weight excluding hydrogens is 428 g/mol. The predicted octanol–water partition coefficient (Wildman–Crippen LogP) is 5.67. The first-order valence-electron chi connectivity index (χ1n) is 12.4. The fourth-order valence-corrected chi connectivity index (χ4v) is 3.91. The van der Waals surface area contributed by atoms with Crippen LogP contribution in [-0.4, -0.2) is 29.9 Å². The maximum absolute atomic E-state index is 13.2. The molecule has 190 valence electrons. The highest BCUT2D eigenvalue weighted by Gasteiger charge is 2.29. The Kier molecular flexibility index (Phi) is 13.2. The molecule has 34 heavy (non-hydrogen) atoms. The van der Waals surface area contributed by atoms with E-state index in [0.717, 1.165) is 12.0 Å². The summed E-state index contributed by atoms with van der Waals surface area (Å²) in [6, 6.07) is 8.56. The van der Waals surface area contributed by atoms with Crippen LogP contribution in [0.15, 0.2) is 43.0 Å². The Hall–Kier alpha value is -2.63. The lowest BCUT2D eigenvalue weighted by Gasteiger charge is -2.25. The van der Waals surface area contributed by atoms with E-state index in [1.165, 1.54) is 0 Å². The van der Waals surface area contributed by atoms with Gasteiger partial charge in [-0.25, -0.2) is 4.79 Å². The number of hydrogen-bond acceptors (Lipinski definition) is 4. The van der Waals surface area contributed by atoms with Gasteiger partial charge in [-0.2, -0.15) is 0 Å². The van der Waals surface area contributed by atoms with Crippen molar-refractivity contribution < 1.29 is 19.1 Å². The summed E-state index contributed by atoms with van der Waals surface area (Å²) in [7, 11) is 0. The lowest BCUT2D eigenvalue weighted by molar-refractivity contribution is -0.131. The third-order valence-corrected chi connectivity index (χ3v) is 5.51. The smallest absolute Gasteiger partial charge is 0.408 e. The Morgan fingerprint density at radius 3 is 2.00 bits per heavy atom. The molecule has 1 aromatic carbocycles. The third kappa shape index (κ3) is 12.0. The minimum atomic E-state index is -0.698. The summed E-state index contributed by atoms with van der Waals surface area (Å²) in [5.41, 5.74) is 0.872. The van der Waals surface area contributed by atoms with Crippen LogP contribution >= 0.6 is 0 Å². The van der Waals surface area contributed by atoms with Gasteiger partial charge in [-0.3, -0.25) is 9.59 Å². The van der Waals surface area contributed by atoms with Crippen molar-refractivity contribution in [1.82, 2.24) is 10.6 Å². The number of alkyl carbamates (subject to hydrolysis) is 1. The monoisotopic (exact) mass is 472 g/mol. The Labute approximate surface area is 205 Å². The van der Waals surface area contributed by atoms with Crippen LogP contribution in [0.25, 0.3) is 0 Å². The maximum atomic E-state index is 13.2. The first-order valence-corrected chi connectivity index (χ1v) is 12.4. The fraction of sp³-hybridized carbons (Fsp3) is 0.607. The van der Waals surface area contributed by atoms with Crippen LogP contribution in [0.5, 0.6) is 0 Å². The minimum Gasteiger partial charge on any atom is -0.445 e. The van der Waals surface area contributed by atoms with Crippen LogP contribution < -0.4 is 10.6 Å². The fourth-order valence-electron chi connectivity index (χ4n) is 3.91. The van der Waals surface area contributed by atoms with Gasteiger partial charge in [0.25, 0.3) is 0 Å². The Bertz CT molecular complexity index is 774. The normalized spacial score (nSPS) is 13.9. The van der Waals surface area contributed by atoms with Gasteiger partial charge < -0.3 is 15.4 Å². The van der Waals surface area contributed by atoms with Crippen molar-refractivity contribution in [3.8, 4) is 0 Å². The summed E-state index contributed by atoms with van der Waals surface area (Å²) < 4.78 is 5.32. The van der Waals surface area contributed by atoms with Gasteiger partial charge in [0.15, 0.2) is 5.78 Å². The van der Waals surface area contributed by atoms with E-state index in [9.17, 15) is 14.4 Å². The number of ether oxygens (including phenoxy) is 1. The molecular formula is C28H44N2O4. The molecule has 2 amide bonds. The van der Waals surface area contributed by atoms with Gasteiger partial charge in [0.2, 0.25) is 5.91 Å². The first kappa shape index (κ1) is 29.4. The molecule has 0 radical (unpaired) electrons. The molecule has 0 heterocycles. The number of amides is 2. The molecule has 0 bridgehead atoms. The third-order valence-electron chi connectivity index (χ3n) is 5.51. The molecule has 2 N–H and O–H groups in total. The van der Waals surface area contributed by atoms with E-state index in [-0.39, 0.29) is 42.6 Å². The Morgan fingerprint density at radius 1 is 0.882 bits per heavy atom. The summed E-state index contributed by atoms with van der Waals surface area (Å²) in [6.45, 7) is 16.2. The van der Waals surface area contributed by atoms with E-state index in [1.807, 2.05) is 58.0 Å². The zero-order valence-corrected chi connectivity index (χ0v) is 21.8. The van der Waals surface area contributed by atoms with Gasteiger partial charge in [0.05, 0.1) is 6.04 Å². The number of hydrogen-bond donors (Lipinski definition) is 2. The van der Waals surface area contributed by atoms with Crippen molar-refractivity contribution in [2.75, 3.05) is 0 Å². The van der Waals surface area contributed by atoms with Crippen molar-refractivity contribution in [3.63, 3.8) is 0 Å². The van der Waals surface area contributed by atoms with Crippen LogP contribution in [0.1, 0.15) is 72.8 Å². The zero-order valence-electron chi connectivity index (χ0n) is 21.8. The minimum absolute atomic E-state index is 0.0753. The first-order chi connectivity index (χ1) is 16.0. The number of carbonyl (C=O) groups is 3. The molecule has 1 rings (SSSR count). The van der Waals surface area contributed by atoms with Crippen molar-refractivity contribution >= 4 is 17.8 Å². The van der Waals surface area contributed by atoms with E-state index < -0.39 is 18.1 Å². The SMILES string of the molecule is C=C[C@H](CC(C)C)NC(=O)[C@@H](CC(=O)[C@H](CC(C)C)NC(=O)OCc1ccccc1)CC(C)C. The van der Waals surface area contributed by atoms with E-state index in [4.69, 9.17) is 4.74 Å². The topological polar surface area (TPSA) is 84.5 Å². The van der Waals surface area contributed by atoms with Gasteiger partial charge in [-0.1, -0.05) is 78.0 Å².